The molecule has 0 aliphatic carbocycles. The first kappa shape index (κ1) is 12.9. The van der Waals surface area contributed by atoms with Crippen molar-refractivity contribution in [3.8, 4) is 11.9 Å². The molecule has 0 radical (unpaired) electrons. The van der Waals surface area contributed by atoms with Crippen LogP contribution in [0.15, 0.2) is 4.47 Å². The number of halogens is 1. The van der Waals surface area contributed by atoms with Crippen LogP contribution in [0.4, 0.5) is 5.69 Å². The van der Waals surface area contributed by atoms with E-state index in [2.05, 4.69) is 22.1 Å². The van der Waals surface area contributed by atoms with E-state index in [4.69, 9.17) is 10.00 Å². The fourth-order valence-corrected chi connectivity index (χ4v) is 2.26. The summed E-state index contributed by atoms with van der Waals surface area (Å²) in [7, 11) is 3.36. The minimum absolute atomic E-state index is 0.766. The van der Waals surface area contributed by atoms with Gasteiger partial charge in [0.1, 0.15) is 5.75 Å². The van der Waals surface area contributed by atoms with Gasteiger partial charge in [0.25, 0.3) is 0 Å². The Bertz CT molecular complexity index is 463. The molecule has 86 valence electrons. The van der Waals surface area contributed by atoms with E-state index in [1.165, 1.54) is 4.90 Å². The Morgan fingerprint density at radius 2 is 1.75 bits per heavy atom. The molecule has 3 nitrogen and oxygen atoms in total. The minimum Gasteiger partial charge on any atom is -0.494 e. The van der Waals surface area contributed by atoms with Gasteiger partial charge >= 0.3 is 0 Å². The van der Waals surface area contributed by atoms with Crippen molar-refractivity contribution in [1.82, 2.24) is 0 Å². The summed E-state index contributed by atoms with van der Waals surface area (Å²) in [5, 5.41) is 8.99. The van der Waals surface area contributed by atoms with Crippen LogP contribution in [0, 0.1) is 32.2 Å². The van der Waals surface area contributed by atoms with Crippen LogP contribution in [-0.2, 0) is 0 Å². The van der Waals surface area contributed by atoms with E-state index in [0.29, 0.717) is 0 Å². The number of hydrogen-bond donors (Lipinski definition) is 0. The Labute approximate surface area is 105 Å². The lowest BCUT2D eigenvalue weighted by Gasteiger charge is -2.21. The van der Waals surface area contributed by atoms with Gasteiger partial charge < -0.3 is 4.74 Å². The second kappa shape index (κ2) is 4.75. The number of benzene rings is 1. The molecule has 1 rings (SSSR count). The fraction of sp³-hybridized carbons (Fsp3) is 0.417. The predicted molar refractivity (Wildman–Crippen MR) is 68.9 cm³/mol. The highest BCUT2D eigenvalue weighted by Crippen LogP contribution is 2.41. The fourth-order valence-electron chi connectivity index (χ4n) is 1.77. The van der Waals surface area contributed by atoms with Crippen LogP contribution in [0.25, 0.3) is 0 Å². The summed E-state index contributed by atoms with van der Waals surface area (Å²) in [4.78, 5) is 1.52. The maximum atomic E-state index is 8.99. The first-order valence-corrected chi connectivity index (χ1v) is 5.71. The first-order valence-electron chi connectivity index (χ1n) is 4.92. The molecular formula is C12H15BrN2O. The highest BCUT2D eigenvalue weighted by Gasteiger charge is 2.19. The standard InChI is InChI=1S/C12H15BrN2O/c1-7-8(2)12(16-5)11(15(4)6-14)9(3)10(7)13/h1-5H3. The van der Waals surface area contributed by atoms with Crippen LogP contribution >= 0.6 is 15.9 Å². The van der Waals surface area contributed by atoms with Crippen molar-refractivity contribution in [2.45, 2.75) is 20.8 Å². The maximum absolute atomic E-state index is 8.99. The van der Waals surface area contributed by atoms with Gasteiger partial charge in [-0.2, -0.15) is 5.26 Å². The Kier molecular flexibility index (Phi) is 3.82. The molecule has 0 bridgehead atoms. The van der Waals surface area contributed by atoms with Crippen LogP contribution in [0.2, 0.25) is 0 Å². The molecule has 1 aromatic carbocycles. The van der Waals surface area contributed by atoms with Gasteiger partial charge in [0.2, 0.25) is 0 Å². The van der Waals surface area contributed by atoms with Gasteiger partial charge in [-0.1, -0.05) is 15.9 Å². The van der Waals surface area contributed by atoms with Gasteiger partial charge in [-0.25, -0.2) is 0 Å². The third kappa shape index (κ3) is 1.88. The molecule has 0 heterocycles. The molecule has 0 saturated heterocycles. The lowest BCUT2D eigenvalue weighted by molar-refractivity contribution is 0.412. The molecular weight excluding hydrogens is 268 g/mol. The molecule has 0 N–H and O–H groups in total. The van der Waals surface area contributed by atoms with E-state index in [0.717, 1.165) is 32.6 Å². The SMILES string of the molecule is COc1c(C)c(C)c(Br)c(C)c1N(C)C#N. The van der Waals surface area contributed by atoms with Crippen LogP contribution in [-0.4, -0.2) is 14.2 Å². The van der Waals surface area contributed by atoms with Crippen molar-refractivity contribution < 1.29 is 4.74 Å². The zero-order valence-corrected chi connectivity index (χ0v) is 11.8. The number of methoxy groups -OCH3 is 1. The summed E-state index contributed by atoms with van der Waals surface area (Å²) in [5.41, 5.74) is 4.03. The summed E-state index contributed by atoms with van der Waals surface area (Å²) in [5.74, 6) is 0.766. The number of hydrogen-bond acceptors (Lipinski definition) is 3. The molecule has 0 aromatic heterocycles. The van der Waals surface area contributed by atoms with Crippen LogP contribution in [0.5, 0.6) is 5.75 Å². The Morgan fingerprint density at radius 3 is 2.19 bits per heavy atom. The van der Waals surface area contributed by atoms with Crippen molar-refractivity contribution in [2.75, 3.05) is 19.1 Å². The lowest BCUT2D eigenvalue weighted by atomic mass is 10.0. The zero-order valence-electron chi connectivity index (χ0n) is 10.2. The average Bonchev–Trinajstić information content (AvgIpc) is 2.29. The maximum Gasteiger partial charge on any atom is 0.184 e. The second-order valence-corrected chi connectivity index (χ2v) is 4.52. The number of anilines is 1. The topological polar surface area (TPSA) is 36.3 Å². The lowest BCUT2D eigenvalue weighted by Crippen LogP contribution is -2.13. The van der Waals surface area contributed by atoms with Gasteiger partial charge in [0, 0.05) is 11.5 Å². The van der Waals surface area contributed by atoms with Gasteiger partial charge in [0.15, 0.2) is 6.19 Å². The smallest absolute Gasteiger partial charge is 0.184 e. The van der Waals surface area contributed by atoms with Crippen molar-refractivity contribution in [3.05, 3.63) is 21.2 Å². The van der Waals surface area contributed by atoms with Crippen molar-refractivity contribution in [2.24, 2.45) is 0 Å². The van der Waals surface area contributed by atoms with E-state index < -0.39 is 0 Å². The molecule has 0 amide bonds. The number of nitrogens with zero attached hydrogens (tertiary/aromatic N) is 2. The predicted octanol–water partition coefficient (Wildman–Crippen LogP) is 3.30. The zero-order chi connectivity index (χ0) is 12.5. The monoisotopic (exact) mass is 282 g/mol. The molecule has 0 aliphatic heterocycles. The number of ether oxygens (including phenoxy) is 1. The Morgan fingerprint density at radius 1 is 1.19 bits per heavy atom. The summed E-state index contributed by atoms with van der Waals surface area (Å²) >= 11 is 3.55. The highest BCUT2D eigenvalue weighted by atomic mass is 79.9. The Balaban J connectivity index is 3.65. The van der Waals surface area contributed by atoms with Crippen LogP contribution in [0.1, 0.15) is 16.7 Å². The van der Waals surface area contributed by atoms with Crippen molar-refractivity contribution in [3.63, 3.8) is 0 Å². The molecule has 4 heteroatoms. The summed E-state index contributed by atoms with van der Waals surface area (Å²) in [6.45, 7) is 6.00. The minimum atomic E-state index is 0.766. The molecule has 16 heavy (non-hydrogen) atoms. The quantitative estimate of drug-likeness (QED) is 0.617. The van der Waals surface area contributed by atoms with Crippen LogP contribution < -0.4 is 9.64 Å². The highest BCUT2D eigenvalue weighted by molar-refractivity contribution is 9.10. The summed E-state index contributed by atoms with van der Waals surface area (Å²) in [6, 6.07) is 0. The van der Waals surface area contributed by atoms with Crippen molar-refractivity contribution in [1.29, 1.82) is 5.26 Å². The molecule has 0 unspecified atom stereocenters. The van der Waals surface area contributed by atoms with E-state index >= 15 is 0 Å². The largest absolute Gasteiger partial charge is 0.494 e. The summed E-state index contributed by atoms with van der Waals surface area (Å²) < 4.78 is 6.43. The Hall–Kier alpha value is -1.21. The normalized spacial score (nSPS) is 9.81. The van der Waals surface area contributed by atoms with E-state index in [-0.39, 0.29) is 0 Å². The van der Waals surface area contributed by atoms with Crippen LogP contribution in [0.3, 0.4) is 0 Å². The third-order valence-corrected chi connectivity index (χ3v) is 4.01. The molecule has 0 fully saturated rings. The average molecular weight is 283 g/mol. The molecule has 0 atom stereocenters. The molecule has 0 aliphatic rings. The van der Waals surface area contributed by atoms with Gasteiger partial charge in [0.05, 0.1) is 12.8 Å². The second-order valence-electron chi connectivity index (χ2n) is 3.73. The van der Waals surface area contributed by atoms with E-state index in [9.17, 15) is 0 Å². The van der Waals surface area contributed by atoms with Gasteiger partial charge in [-0.3, -0.25) is 4.90 Å². The van der Waals surface area contributed by atoms with E-state index in [1.54, 1.807) is 14.2 Å². The number of rotatable bonds is 2. The summed E-state index contributed by atoms with van der Waals surface area (Å²) in [6.07, 6.45) is 2.10. The first-order chi connectivity index (χ1) is 7.45. The molecule has 0 saturated carbocycles. The molecule has 1 aromatic rings. The molecule has 0 spiro atoms. The third-order valence-electron chi connectivity index (χ3n) is 2.82. The van der Waals surface area contributed by atoms with Gasteiger partial charge in [-0.15, -0.1) is 0 Å². The number of nitriles is 1. The van der Waals surface area contributed by atoms with Gasteiger partial charge in [-0.05, 0) is 37.5 Å². The van der Waals surface area contributed by atoms with E-state index in [1.807, 2.05) is 20.8 Å². The van der Waals surface area contributed by atoms with Crippen molar-refractivity contribution >= 4 is 21.6 Å².